The average molecular weight is 428 g/mol. The van der Waals surface area contributed by atoms with Crippen molar-refractivity contribution in [3.8, 4) is 0 Å². The Balaban J connectivity index is 1.45. The van der Waals surface area contributed by atoms with Gasteiger partial charge in [0, 0.05) is 12.6 Å². The summed E-state index contributed by atoms with van der Waals surface area (Å²) in [7, 11) is -4.87. The van der Waals surface area contributed by atoms with Gasteiger partial charge < -0.3 is 0 Å². The van der Waals surface area contributed by atoms with Gasteiger partial charge in [0.05, 0.1) is 4.90 Å². The molecule has 2 aromatic rings. The molecule has 1 saturated heterocycles. The second kappa shape index (κ2) is 8.98. The molecule has 1 fully saturated rings. The molecule has 3 nitrogen and oxygen atoms in total. The first-order valence-electron chi connectivity index (χ1n) is 10.5. The minimum absolute atomic E-state index is 0.182. The summed E-state index contributed by atoms with van der Waals surface area (Å²) in [5.74, 6) is 0. The van der Waals surface area contributed by atoms with Gasteiger partial charge in [-0.25, -0.2) is 8.42 Å². The standard InChI is InChI=1S/C24H33NO2SSi/c1-20-15-17-23(18-16-20)28(26,27)25-19-22(25)12-8-5-7-11-21(2)29(3,4)24-13-9-6-10-14-24/h6,9-11,13-18,22H,5,7-8,12,19H2,1-4H3/b21-11+/t22-,25?/m1/s1. The molecule has 29 heavy (non-hydrogen) atoms. The first-order chi connectivity index (χ1) is 13.7. The van der Waals surface area contributed by atoms with Gasteiger partial charge in [0.25, 0.3) is 0 Å². The van der Waals surface area contributed by atoms with Gasteiger partial charge in [-0.05, 0) is 45.2 Å². The van der Waals surface area contributed by atoms with Gasteiger partial charge in [-0.2, -0.15) is 4.31 Å². The van der Waals surface area contributed by atoms with E-state index in [0.717, 1.165) is 31.2 Å². The largest absolute Gasteiger partial charge is 0.243 e. The van der Waals surface area contributed by atoms with Gasteiger partial charge in [-0.3, -0.25) is 0 Å². The fraction of sp³-hybridized carbons (Fsp3) is 0.417. The third-order valence-electron chi connectivity index (χ3n) is 6.22. The maximum atomic E-state index is 12.7. The van der Waals surface area contributed by atoms with Crippen molar-refractivity contribution in [2.75, 3.05) is 6.54 Å². The predicted octanol–water partition coefficient (Wildman–Crippen LogP) is 5.03. The van der Waals surface area contributed by atoms with E-state index in [9.17, 15) is 8.42 Å². The SMILES string of the molecule is C/C(=C\CCCC[C@@H]1CN1S(=O)(=O)c1ccc(C)cc1)[Si](C)(C)c1ccccc1. The van der Waals surface area contributed by atoms with Crippen LogP contribution in [0.5, 0.6) is 0 Å². The van der Waals surface area contributed by atoms with Crippen LogP contribution in [0, 0.1) is 6.92 Å². The van der Waals surface area contributed by atoms with Crippen LogP contribution in [0.25, 0.3) is 0 Å². The van der Waals surface area contributed by atoms with Crippen LogP contribution in [0.2, 0.25) is 13.1 Å². The van der Waals surface area contributed by atoms with Crippen LogP contribution in [0.1, 0.15) is 38.2 Å². The third-order valence-corrected chi connectivity index (χ3v) is 12.1. The Hall–Kier alpha value is -1.69. The molecule has 0 N–H and O–H groups in total. The first-order valence-corrected chi connectivity index (χ1v) is 15.0. The summed E-state index contributed by atoms with van der Waals surface area (Å²) in [5, 5.41) is 3.00. The van der Waals surface area contributed by atoms with E-state index in [0.29, 0.717) is 11.4 Å². The molecule has 3 rings (SSSR count). The highest BCUT2D eigenvalue weighted by Gasteiger charge is 2.43. The lowest BCUT2D eigenvalue weighted by Crippen LogP contribution is -2.42. The van der Waals surface area contributed by atoms with E-state index in [-0.39, 0.29) is 6.04 Å². The zero-order valence-corrected chi connectivity index (χ0v) is 19.9. The van der Waals surface area contributed by atoms with Crippen molar-refractivity contribution < 1.29 is 8.42 Å². The maximum Gasteiger partial charge on any atom is 0.243 e. The quantitative estimate of drug-likeness (QED) is 0.320. The highest BCUT2D eigenvalue weighted by Crippen LogP contribution is 2.31. The van der Waals surface area contributed by atoms with Crippen molar-refractivity contribution in [2.24, 2.45) is 0 Å². The Morgan fingerprint density at radius 3 is 2.38 bits per heavy atom. The first kappa shape index (κ1) is 22.0. The van der Waals surface area contributed by atoms with Gasteiger partial charge in [0.2, 0.25) is 10.0 Å². The van der Waals surface area contributed by atoms with Crippen molar-refractivity contribution in [1.82, 2.24) is 4.31 Å². The predicted molar refractivity (Wildman–Crippen MR) is 125 cm³/mol. The molecule has 0 aliphatic carbocycles. The fourth-order valence-electron chi connectivity index (χ4n) is 3.72. The molecular formula is C24H33NO2SSi. The lowest BCUT2D eigenvalue weighted by atomic mass is 10.1. The van der Waals surface area contributed by atoms with E-state index in [1.54, 1.807) is 16.4 Å². The van der Waals surface area contributed by atoms with Crippen molar-refractivity contribution >= 4 is 23.3 Å². The van der Waals surface area contributed by atoms with Crippen LogP contribution in [0.3, 0.4) is 0 Å². The van der Waals surface area contributed by atoms with Crippen LogP contribution in [0.4, 0.5) is 0 Å². The smallest absolute Gasteiger partial charge is 0.207 e. The summed E-state index contributed by atoms with van der Waals surface area (Å²) in [5.41, 5.74) is 1.08. The lowest BCUT2D eigenvalue weighted by Gasteiger charge is -2.24. The number of nitrogens with zero attached hydrogens (tertiary/aromatic N) is 1. The molecule has 5 heteroatoms. The van der Waals surface area contributed by atoms with Gasteiger partial charge in [0.15, 0.2) is 0 Å². The maximum absolute atomic E-state index is 12.7. The number of unbranched alkanes of at least 4 members (excludes halogenated alkanes) is 2. The van der Waals surface area contributed by atoms with Crippen LogP contribution in [0.15, 0.2) is 70.8 Å². The molecule has 156 valence electrons. The summed E-state index contributed by atoms with van der Waals surface area (Å²) in [6.07, 6.45) is 6.63. The molecular weight excluding hydrogens is 394 g/mol. The molecule has 0 amide bonds. The van der Waals surface area contributed by atoms with Crippen molar-refractivity contribution in [1.29, 1.82) is 0 Å². The van der Waals surface area contributed by atoms with E-state index in [2.05, 4.69) is 56.4 Å². The molecule has 0 saturated carbocycles. The number of aryl methyl sites for hydroxylation is 1. The zero-order chi connectivity index (χ0) is 21.1. The molecule has 1 aliphatic heterocycles. The number of allylic oxidation sites excluding steroid dienone is 2. The second-order valence-electron chi connectivity index (χ2n) is 8.70. The fourth-order valence-corrected chi connectivity index (χ4v) is 7.47. The highest BCUT2D eigenvalue weighted by atomic mass is 32.2. The summed E-state index contributed by atoms with van der Waals surface area (Å²) < 4.78 is 27.0. The average Bonchev–Trinajstić information content (AvgIpc) is 3.49. The molecule has 2 aromatic carbocycles. The lowest BCUT2D eigenvalue weighted by molar-refractivity contribution is 0.541. The van der Waals surface area contributed by atoms with Gasteiger partial charge in [-0.1, -0.05) is 84.0 Å². The number of sulfonamides is 1. The summed E-state index contributed by atoms with van der Waals surface area (Å²) >= 11 is 0. The number of rotatable bonds is 9. The number of hydrogen-bond acceptors (Lipinski definition) is 2. The second-order valence-corrected chi connectivity index (χ2v) is 15.2. The Morgan fingerprint density at radius 1 is 1.07 bits per heavy atom. The molecule has 2 atom stereocenters. The monoisotopic (exact) mass is 427 g/mol. The van der Waals surface area contributed by atoms with E-state index >= 15 is 0 Å². The Kier molecular flexibility index (Phi) is 6.82. The minimum Gasteiger partial charge on any atom is -0.207 e. The zero-order valence-electron chi connectivity index (χ0n) is 18.1. The van der Waals surface area contributed by atoms with Gasteiger partial charge in [0.1, 0.15) is 8.07 Å². The Morgan fingerprint density at radius 2 is 1.72 bits per heavy atom. The van der Waals surface area contributed by atoms with Gasteiger partial charge in [-0.15, -0.1) is 0 Å². The van der Waals surface area contributed by atoms with Crippen LogP contribution in [-0.4, -0.2) is 33.4 Å². The molecule has 0 bridgehead atoms. The van der Waals surface area contributed by atoms with Crippen molar-refractivity contribution in [3.63, 3.8) is 0 Å². The molecule has 1 unspecified atom stereocenters. The normalized spacial score (nSPS) is 19.9. The summed E-state index contributed by atoms with van der Waals surface area (Å²) in [6, 6.07) is 18.2. The highest BCUT2D eigenvalue weighted by molar-refractivity contribution is 7.89. The van der Waals surface area contributed by atoms with Crippen LogP contribution in [-0.2, 0) is 10.0 Å². The molecule has 0 radical (unpaired) electrons. The number of benzene rings is 2. The Bertz CT molecular complexity index is 950. The van der Waals surface area contributed by atoms with Gasteiger partial charge >= 0.3 is 0 Å². The summed E-state index contributed by atoms with van der Waals surface area (Å²) in [6.45, 7) is 9.73. The number of hydrogen-bond donors (Lipinski definition) is 0. The third kappa shape index (κ3) is 5.27. The molecule has 1 aliphatic rings. The summed E-state index contributed by atoms with van der Waals surface area (Å²) in [4.78, 5) is 0.414. The molecule has 0 spiro atoms. The van der Waals surface area contributed by atoms with E-state index in [4.69, 9.17) is 0 Å². The minimum atomic E-state index is -3.31. The van der Waals surface area contributed by atoms with E-state index in [1.165, 1.54) is 10.4 Å². The molecule has 1 heterocycles. The van der Waals surface area contributed by atoms with Crippen LogP contribution >= 0.6 is 0 Å². The van der Waals surface area contributed by atoms with Crippen molar-refractivity contribution in [3.05, 3.63) is 71.4 Å². The van der Waals surface area contributed by atoms with Crippen LogP contribution < -0.4 is 5.19 Å². The van der Waals surface area contributed by atoms with E-state index < -0.39 is 18.1 Å². The topological polar surface area (TPSA) is 37.1 Å². The van der Waals surface area contributed by atoms with Crippen molar-refractivity contribution in [2.45, 2.75) is 63.6 Å². The molecule has 0 aromatic heterocycles. The Labute approximate surface area is 177 Å². The van der Waals surface area contributed by atoms with E-state index in [1.807, 2.05) is 19.1 Å².